The molecule has 0 spiro atoms. The molecule has 15 heteroatoms. The van der Waals surface area contributed by atoms with E-state index in [0.717, 1.165) is 55.2 Å². The smallest absolute Gasteiger partial charge is 0.241 e. The SMILES string of the molecule is CCOc1cc(CN2CCC(NN(c3nc(-c4ccccc4F)c4cc(Cl)ccc4n3)C3CCN(c4nc(-c5ccccc5F)c5cc(Cl)ccc5n4)CC3)CC2)cc(OCC)c1-n1cccc1. The Kier molecular flexibility index (Phi) is 13.4. The number of likely N-dealkylation sites (tertiary alicyclic amines) is 1. The standard InChI is InChI=1S/C53H51Cl2F2N9O2/c1-3-67-47-29-34(30-48(68-4-2)51(47)64-23-9-10-24-64)33-63-25-19-37(20-26-63)62-66(53-59-46-18-16-36(55)32-42(46)50(61-53)40-12-6-8-14-44(40)57)38-21-27-65(28-22-38)52-58-45-17-15-35(54)31-41(45)49(60-52)39-11-5-7-13-43(39)56/h5-18,23-24,29-32,37-38,62H,3-4,19-22,25-28,33H2,1-2H3. The zero-order valence-corrected chi connectivity index (χ0v) is 39.4. The van der Waals surface area contributed by atoms with Gasteiger partial charge in [-0.15, -0.1) is 0 Å². The van der Waals surface area contributed by atoms with E-state index in [1.165, 1.54) is 12.1 Å². The molecule has 0 atom stereocenters. The molecule has 0 aliphatic carbocycles. The fourth-order valence-corrected chi connectivity index (χ4v) is 9.81. The first kappa shape index (κ1) is 45.4. The molecule has 348 valence electrons. The van der Waals surface area contributed by atoms with Crippen molar-refractivity contribution in [2.75, 3.05) is 49.3 Å². The molecular weight excluding hydrogens is 904 g/mol. The number of nitrogens with zero attached hydrogens (tertiary/aromatic N) is 8. The Balaban J connectivity index is 0.935. The summed E-state index contributed by atoms with van der Waals surface area (Å²) in [6, 6.07) is 32.5. The monoisotopic (exact) mass is 953 g/mol. The zero-order valence-electron chi connectivity index (χ0n) is 37.9. The number of rotatable bonds is 14. The van der Waals surface area contributed by atoms with E-state index in [-0.39, 0.29) is 23.7 Å². The van der Waals surface area contributed by atoms with Crippen molar-refractivity contribution in [3.8, 4) is 39.7 Å². The molecule has 1 N–H and O–H groups in total. The Morgan fingerprint density at radius 2 is 1.21 bits per heavy atom. The van der Waals surface area contributed by atoms with E-state index in [1.54, 1.807) is 54.6 Å². The zero-order chi connectivity index (χ0) is 46.7. The summed E-state index contributed by atoms with van der Waals surface area (Å²) in [6.45, 7) is 8.73. The molecule has 0 unspecified atom stereocenters. The van der Waals surface area contributed by atoms with Crippen LogP contribution in [-0.4, -0.2) is 80.9 Å². The molecular formula is C53H51Cl2F2N9O2. The van der Waals surface area contributed by atoms with Gasteiger partial charge >= 0.3 is 0 Å². The van der Waals surface area contributed by atoms with Crippen LogP contribution in [0.5, 0.6) is 11.5 Å². The maximum absolute atomic E-state index is 15.7. The van der Waals surface area contributed by atoms with Crippen LogP contribution in [0.4, 0.5) is 20.7 Å². The van der Waals surface area contributed by atoms with Crippen LogP contribution in [0.3, 0.4) is 0 Å². The van der Waals surface area contributed by atoms with E-state index >= 15 is 8.78 Å². The highest BCUT2D eigenvalue weighted by Gasteiger charge is 2.32. The number of aromatic nitrogens is 5. The number of fused-ring (bicyclic) bond motifs is 2. The minimum absolute atomic E-state index is 0.0550. The van der Waals surface area contributed by atoms with Crippen LogP contribution >= 0.6 is 23.2 Å². The average Bonchev–Trinajstić information content (AvgIpc) is 3.89. The number of ether oxygens (including phenoxy) is 2. The predicted molar refractivity (Wildman–Crippen MR) is 267 cm³/mol. The lowest BCUT2D eigenvalue weighted by Gasteiger charge is -2.42. The van der Waals surface area contributed by atoms with Crippen LogP contribution in [0.2, 0.25) is 10.0 Å². The summed E-state index contributed by atoms with van der Waals surface area (Å²) in [7, 11) is 0. The number of piperidine rings is 2. The van der Waals surface area contributed by atoms with Crippen molar-refractivity contribution < 1.29 is 18.3 Å². The Morgan fingerprint density at radius 1 is 0.647 bits per heavy atom. The molecule has 8 aromatic rings. The van der Waals surface area contributed by atoms with E-state index in [9.17, 15) is 0 Å². The summed E-state index contributed by atoms with van der Waals surface area (Å²) < 4.78 is 45.4. The largest absolute Gasteiger partial charge is 0.492 e. The van der Waals surface area contributed by atoms with Gasteiger partial charge in [-0.05, 0) is 130 Å². The maximum atomic E-state index is 15.7. The molecule has 68 heavy (non-hydrogen) atoms. The predicted octanol–water partition coefficient (Wildman–Crippen LogP) is 11.7. The van der Waals surface area contributed by atoms with E-state index in [2.05, 4.69) is 32.4 Å². The first-order chi connectivity index (χ1) is 33.2. The van der Waals surface area contributed by atoms with Gasteiger partial charge in [0.15, 0.2) is 0 Å². The van der Waals surface area contributed by atoms with Crippen molar-refractivity contribution in [3.05, 3.63) is 149 Å². The molecule has 2 saturated heterocycles. The molecule has 5 aromatic carbocycles. The number of nitrogens with one attached hydrogen (secondary N) is 1. The summed E-state index contributed by atoms with van der Waals surface area (Å²) in [5.74, 6) is 1.80. The number of halogens is 4. The third-order valence-electron chi connectivity index (χ3n) is 12.8. The molecule has 10 rings (SSSR count). The molecule has 0 bridgehead atoms. The van der Waals surface area contributed by atoms with Gasteiger partial charge in [-0.1, -0.05) is 47.5 Å². The topological polar surface area (TPSA) is 96.7 Å². The average molecular weight is 955 g/mol. The highest BCUT2D eigenvalue weighted by atomic mass is 35.5. The third-order valence-corrected chi connectivity index (χ3v) is 13.2. The summed E-state index contributed by atoms with van der Waals surface area (Å²) in [4.78, 5) is 24.9. The van der Waals surface area contributed by atoms with Gasteiger partial charge in [0.2, 0.25) is 11.9 Å². The summed E-state index contributed by atoms with van der Waals surface area (Å²) in [5, 5.41) is 4.49. The van der Waals surface area contributed by atoms with Crippen LogP contribution in [0.15, 0.2) is 122 Å². The van der Waals surface area contributed by atoms with Crippen LogP contribution in [0, 0.1) is 11.6 Å². The second-order valence-electron chi connectivity index (χ2n) is 17.2. The van der Waals surface area contributed by atoms with E-state index in [0.29, 0.717) is 105 Å². The normalized spacial score (nSPS) is 15.1. The van der Waals surface area contributed by atoms with Crippen LogP contribution < -0.4 is 24.8 Å². The number of benzene rings is 5. The Bertz CT molecular complexity index is 3040. The molecule has 0 amide bonds. The fourth-order valence-electron chi connectivity index (χ4n) is 9.47. The first-order valence-electron chi connectivity index (χ1n) is 23.3. The fraction of sp³-hybridized carbons (Fsp3) is 0.283. The van der Waals surface area contributed by atoms with Crippen LogP contribution in [-0.2, 0) is 6.54 Å². The van der Waals surface area contributed by atoms with Crippen LogP contribution in [0.1, 0.15) is 45.1 Å². The third kappa shape index (κ3) is 9.53. The minimum Gasteiger partial charge on any atom is -0.492 e. The quantitative estimate of drug-likeness (QED) is 0.106. The second kappa shape index (κ2) is 20.1. The molecule has 0 saturated carbocycles. The highest BCUT2D eigenvalue weighted by Crippen LogP contribution is 2.38. The van der Waals surface area contributed by atoms with E-state index < -0.39 is 0 Å². The van der Waals surface area contributed by atoms with Crippen molar-refractivity contribution >= 4 is 56.9 Å². The number of hydrogen-bond acceptors (Lipinski definition) is 10. The van der Waals surface area contributed by atoms with Gasteiger partial charge in [0.25, 0.3) is 0 Å². The molecule has 2 aliphatic heterocycles. The number of anilines is 2. The van der Waals surface area contributed by atoms with Gasteiger partial charge in [0.1, 0.15) is 28.8 Å². The molecule has 11 nitrogen and oxygen atoms in total. The van der Waals surface area contributed by atoms with Gasteiger partial charge in [0.05, 0.1) is 41.7 Å². The lowest BCUT2D eigenvalue weighted by Crippen LogP contribution is -2.57. The Morgan fingerprint density at radius 3 is 1.78 bits per heavy atom. The summed E-state index contributed by atoms with van der Waals surface area (Å²) in [6.07, 6.45) is 7.14. The molecule has 2 aliphatic rings. The van der Waals surface area contributed by atoms with Gasteiger partial charge in [-0.25, -0.2) is 34.1 Å². The van der Waals surface area contributed by atoms with E-state index in [1.807, 2.05) is 61.1 Å². The van der Waals surface area contributed by atoms with Gasteiger partial charge in [-0.3, -0.25) is 9.91 Å². The van der Waals surface area contributed by atoms with E-state index in [4.69, 9.17) is 52.6 Å². The lowest BCUT2D eigenvalue weighted by atomic mass is 10.0. The maximum Gasteiger partial charge on any atom is 0.241 e. The molecule has 0 radical (unpaired) electrons. The Hall–Kier alpha value is -6.38. The van der Waals surface area contributed by atoms with Gasteiger partial charge in [0, 0.05) is 83.1 Å². The number of hydrogen-bond donors (Lipinski definition) is 1. The van der Waals surface area contributed by atoms with Crippen molar-refractivity contribution in [3.63, 3.8) is 0 Å². The summed E-state index contributed by atoms with van der Waals surface area (Å²) in [5.41, 5.74) is 8.98. The summed E-state index contributed by atoms with van der Waals surface area (Å²) >= 11 is 13.0. The molecule has 5 heterocycles. The highest BCUT2D eigenvalue weighted by molar-refractivity contribution is 6.31. The van der Waals surface area contributed by atoms with Gasteiger partial charge < -0.3 is 18.9 Å². The molecule has 3 aromatic heterocycles. The lowest BCUT2D eigenvalue weighted by molar-refractivity contribution is 0.184. The minimum atomic E-state index is -0.382. The van der Waals surface area contributed by atoms with Gasteiger partial charge in [-0.2, -0.15) is 0 Å². The second-order valence-corrected chi connectivity index (χ2v) is 18.1. The van der Waals surface area contributed by atoms with Crippen molar-refractivity contribution in [2.24, 2.45) is 0 Å². The van der Waals surface area contributed by atoms with Crippen LogP contribution in [0.25, 0.3) is 50.0 Å². The number of hydrazine groups is 1. The Labute approximate surface area is 404 Å². The first-order valence-corrected chi connectivity index (χ1v) is 24.0. The van der Waals surface area contributed by atoms with Crippen molar-refractivity contribution in [2.45, 2.75) is 58.2 Å². The molecule has 2 fully saturated rings. The van der Waals surface area contributed by atoms with Crippen molar-refractivity contribution in [1.82, 2.24) is 34.8 Å². The van der Waals surface area contributed by atoms with Crippen molar-refractivity contribution in [1.29, 1.82) is 0 Å².